The molecule has 5 heteroatoms. The summed E-state index contributed by atoms with van der Waals surface area (Å²) < 4.78 is 10.0. The van der Waals surface area contributed by atoms with E-state index in [1.165, 1.54) is 7.11 Å². The lowest BCUT2D eigenvalue weighted by molar-refractivity contribution is -0.119. The molecule has 22 heavy (non-hydrogen) atoms. The van der Waals surface area contributed by atoms with Gasteiger partial charge in [-0.2, -0.15) is 0 Å². The maximum atomic E-state index is 12.4. The van der Waals surface area contributed by atoms with Crippen molar-refractivity contribution < 1.29 is 19.1 Å². The fraction of sp³-hybridized carbons (Fsp3) is 0.529. The summed E-state index contributed by atoms with van der Waals surface area (Å²) in [5.74, 6) is -0.292. The minimum atomic E-state index is -0.378. The van der Waals surface area contributed by atoms with Gasteiger partial charge >= 0.3 is 5.97 Å². The molecule has 1 aliphatic heterocycles. The highest BCUT2D eigenvalue weighted by atomic mass is 16.5. The van der Waals surface area contributed by atoms with Gasteiger partial charge in [0.1, 0.15) is 0 Å². The summed E-state index contributed by atoms with van der Waals surface area (Å²) in [5.41, 5.74) is 2.43. The van der Waals surface area contributed by atoms with Gasteiger partial charge in [-0.05, 0) is 43.9 Å². The number of nitrogens with zero attached hydrogens (tertiary/aromatic N) is 1. The molecule has 1 aliphatic rings. The Morgan fingerprint density at radius 2 is 2.14 bits per heavy atom. The molecular weight excluding hydrogens is 282 g/mol. The summed E-state index contributed by atoms with van der Waals surface area (Å²) in [6, 6.07) is 5.44. The molecule has 0 N–H and O–H groups in total. The van der Waals surface area contributed by atoms with E-state index in [0.717, 1.165) is 30.5 Å². The van der Waals surface area contributed by atoms with Crippen molar-refractivity contribution >= 4 is 17.6 Å². The zero-order valence-corrected chi connectivity index (χ0v) is 13.3. The molecule has 1 heterocycles. The van der Waals surface area contributed by atoms with E-state index in [0.29, 0.717) is 31.7 Å². The van der Waals surface area contributed by atoms with E-state index in [4.69, 9.17) is 9.47 Å². The molecule has 1 aromatic carbocycles. The Morgan fingerprint density at radius 1 is 1.32 bits per heavy atom. The summed E-state index contributed by atoms with van der Waals surface area (Å²) >= 11 is 0. The number of methoxy groups -OCH3 is 1. The van der Waals surface area contributed by atoms with Crippen LogP contribution in [-0.4, -0.2) is 38.7 Å². The molecule has 0 aromatic heterocycles. The van der Waals surface area contributed by atoms with E-state index in [1.54, 1.807) is 17.0 Å². The molecule has 1 aromatic rings. The van der Waals surface area contributed by atoms with Crippen LogP contribution in [0.5, 0.6) is 0 Å². The first-order chi connectivity index (χ1) is 10.7. The quantitative estimate of drug-likeness (QED) is 0.599. The molecule has 0 bridgehead atoms. The molecule has 0 radical (unpaired) electrons. The van der Waals surface area contributed by atoms with Gasteiger partial charge in [0, 0.05) is 31.9 Å². The average molecular weight is 305 g/mol. The van der Waals surface area contributed by atoms with Crippen LogP contribution in [0.15, 0.2) is 18.2 Å². The van der Waals surface area contributed by atoms with Crippen molar-refractivity contribution in [1.82, 2.24) is 0 Å². The van der Waals surface area contributed by atoms with E-state index in [1.807, 2.05) is 13.0 Å². The Labute approximate surface area is 131 Å². The van der Waals surface area contributed by atoms with Crippen LogP contribution in [0.4, 0.5) is 5.69 Å². The maximum absolute atomic E-state index is 12.4. The van der Waals surface area contributed by atoms with Crippen molar-refractivity contribution in [2.45, 2.75) is 32.6 Å². The van der Waals surface area contributed by atoms with Crippen LogP contribution in [-0.2, 0) is 20.7 Å². The highest BCUT2D eigenvalue weighted by Crippen LogP contribution is 2.29. The molecule has 5 nitrogen and oxygen atoms in total. The predicted octanol–water partition coefficient (Wildman–Crippen LogP) is 2.57. The van der Waals surface area contributed by atoms with E-state index in [2.05, 4.69) is 0 Å². The zero-order valence-electron chi connectivity index (χ0n) is 13.3. The minimum absolute atomic E-state index is 0.0858. The third-order valence-electron chi connectivity index (χ3n) is 3.81. The van der Waals surface area contributed by atoms with Crippen LogP contribution in [0, 0.1) is 0 Å². The molecule has 0 saturated heterocycles. The molecule has 2 rings (SSSR count). The van der Waals surface area contributed by atoms with E-state index >= 15 is 0 Å². The monoisotopic (exact) mass is 305 g/mol. The highest BCUT2D eigenvalue weighted by molar-refractivity contribution is 5.97. The second kappa shape index (κ2) is 7.94. The number of anilines is 1. The number of carbonyl (C=O) groups is 2. The first-order valence-corrected chi connectivity index (χ1v) is 7.76. The molecule has 0 atom stereocenters. The second-order valence-corrected chi connectivity index (χ2v) is 5.28. The molecule has 0 saturated carbocycles. The molecule has 1 amide bonds. The fourth-order valence-electron chi connectivity index (χ4n) is 2.68. The van der Waals surface area contributed by atoms with Gasteiger partial charge in [-0.1, -0.05) is 6.07 Å². The van der Waals surface area contributed by atoms with E-state index in [-0.39, 0.29) is 11.9 Å². The van der Waals surface area contributed by atoms with Crippen LogP contribution in [0.2, 0.25) is 0 Å². The number of ether oxygens (including phenoxy) is 2. The first kappa shape index (κ1) is 16.5. The predicted molar refractivity (Wildman–Crippen MR) is 84.2 cm³/mol. The van der Waals surface area contributed by atoms with Gasteiger partial charge in [-0.15, -0.1) is 0 Å². The summed E-state index contributed by atoms with van der Waals surface area (Å²) in [7, 11) is 1.36. The first-order valence-electron chi connectivity index (χ1n) is 7.76. The highest BCUT2D eigenvalue weighted by Gasteiger charge is 2.23. The fourth-order valence-corrected chi connectivity index (χ4v) is 2.68. The lowest BCUT2D eigenvalue weighted by atomic mass is 9.99. The normalized spacial score (nSPS) is 13.6. The molecular formula is C17H23NO4. The largest absolute Gasteiger partial charge is 0.465 e. The van der Waals surface area contributed by atoms with Gasteiger partial charge in [-0.25, -0.2) is 4.79 Å². The summed E-state index contributed by atoms with van der Waals surface area (Å²) in [5, 5.41) is 0. The van der Waals surface area contributed by atoms with Gasteiger partial charge in [0.15, 0.2) is 0 Å². The molecule has 0 unspecified atom stereocenters. The standard InChI is InChI=1S/C17H23NO4/c1-3-22-11-5-7-16(19)18-10-4-6-13-8-9-14(12-15(13)18)17(20)21-2/h8-9,12H,3-7,10-11H2,1-2H3. The lowest BCUT2D eigenvalue weighted by Gasteiger charge is -2.30. The minimum Gasteiger partial charge on any atom is -0.465 e. The zero-order chi connectivity index (χ0) is 15.9. The topological polar surface area (TPSA) is 55.8 Å². The van der Waals surface area contributed by atoms with Gasteiger partial charge in [0.25, 0.3) is 0 Å². The third kappa shape index (κ3) is 3.85. The van der Waals surface area contributed by atoms with E-state index < -0.39 is 0 Å². The number of aryl methyl sites for hydroxylation is 1. The third-order valence-corrected chi connectivity index (χ3v) is 3.81. The van der Waals surface area contributed by atoms with Gasteiger partial charge < -0.3 is 14.4 Å². The van der Waals surface area contributed by atoms with Crippen molar-refractivity contribution in [2.24, 2.45) is 0 Å². The Morgan fingerprint density at radius 3 is 2.86 bits per heavy atom. The molecule has 0 spiro atoms. The SMILES string of the molecule is CCOCCCC(=O)N1CCCc2ccc(C(=O)OC)cc21. The van der Waals surface area contributed by atoms with Crippen molar-refractivity contribution in [3.05, 3.63) is 29.3 Å². The maximum Gasteiger partial charge on any atom is 0.337 e. The van der Waals surface area contributed by atoms with Gasteiger partial charge in [-0.3, -0.25) is 4.79 Å². The second-order valence-electron chi connectivity index (χ2n) is 5.28. The molecule has 0 aliphatic carbocycles. The summed E-state index contributed by atoms with van der Waals surface area (Å²) in [6.45, 7) is 3.91. The van der Waals surface area contributed by atoms with Crippen LogP contribution >= 0.6 is 0 Å². The van der Waals surface area contributed by atoms with E-state index in [9.17, 15) is 9.59 Å². The van der Waals surface area contributed by atoms with Crippen LogP contribution < -0.4 is 4.90 Å². The van der Waals surface area contributed by atoms with Gasteiger partial charge in [0.05, 0.1) is 12.7 Å². The number of rotatable bonds is 6. The van der Waals surface area contributed by atoms with Crippen molar-refractivity contribution in [2.75, 3.05) is 31.8 Å². The van der Waals surface area contributed by atoms with Gasteiger partial charge in [0.2, 0.25) is 5.91 Å². The Balaban J connectivity index is 2.12. The number of carbonyl (C=O) groups excluding carboxylic acids is 2. The number of fused-ring (bicyclic) bond motifs is 1. The Hall–Kier alpha value is -1.88. The number of esters is 1. The Bertz CT molecular complexity index is 541. The number of amides is 1. The van der Waals surface area contributed by atoms with Crippen molar-refractivity contribution in [1.29, 1.82) is 0 Å². The van der Waals surface area contributed by atoms with Crippen molar-refractivity contribution in [3.63, 3.8) is 0 Å². The van der Waals surface area contributed by atoms with Crippen LogP contribution in [0.25, 0.3) is 0 Å². The smallest absolute Gasteiger partial charge is 0.337 e. The average Bonchev–Trinajstić information content (AvgIpc) is 2.56. The summed E-state index contributed by atoms with van der Waals surface area (Å²) in [4.78, 5) is 25.9. The number of benzene rings is 1. The Kier molecular flexibility index (Phi) is 5.95. The van der Waals surface area contributed by atoms with Crippen LogP contribution in [0.1, 0.15) is 42.1 Å². The molecule has 120 valence electrons. The molecule has 0 fully saturated rings. The summed E-state index contributed by atoms with van der Waals surface area (Å²) in [6.07, 6.45) is 3.05. The number of hydrogen-bond donors (Lipinski definition) is 0. The van der Waals surface area contributed by atoms with Crippen LogP contribution in [0.3, 0.4) is 0 Å². The van der Waals surface area contributed by atoms with Crippen molar-refractivity contribution in [3.8, 4) is 0 Å². The number of hydrogen-bond acceptors (Lipinski definition) is 4. The lowest BCUT2D eigenvalue weighted by Crippen LogP contribution is -2.35.